The van der Waals surface area contributed by atoms with Gasteiger partial charge in [0.2, 0.25) is 7.37 Å². The highest BCUT2D eigenvalue weighted by Gasteiger charge is 2.30. The van der Waals surface area contributed by atoms with Crippen LogP contribution in [0.25, 0.3) is 0 Å². The van der Waals surface area contributed by atoms with E-state index in [1.807, 2.05) is 6.08 Å². The Hall–Kier alpha value is -0.110. The van der Waals surface area contributed by atoms with Crippen LogP contribution in [0.1, 0.15) is 26.7 Å². The highest BCUT2D eigenvalue weighted by atomic mass is 31.2. The normalized spacial score (nSPS) is 29.5. The molecule has 0 aromatic carbocycles. The fourth-order valence-electron chi connectivity index (χ4n) is 1.60. The van der Waals surface area contributed by atoms with Gasteiger partial charge in [0.15, 0.2) is 0 Å². The molecule has 0 heterocycles. The van der Waals surface area contributed by atoms with Crippen LogP contribution in [-0.2, 0) is 4.57 Å². The molecule has 0 spiro atoms. The second-order valence-electron chi connectivity index (χ2n) is 3.62. The molecule has 3 nitrogen and oxygen atoms in total. The lowest BCUT2D eigenvalue weighted by Crippen LogP contribution is -2.10. The van der Waals surface area contributed by atoms with Crippen molar-refractivity contribution in [1.82, 2.24) is 0 Å². The molecule has 0 aliphatic heterocycles. The van der Waals surface area contributed by atoms with Gasteiger partial charge in [-0.3, -0.25) is 4.57 Å². The van der Waals surface area contributed by atoms with Crippen LogP contribution >= 0.6 is 7.37 Å². The lowest BCUT2D eigenvalue weighted by atomic mass is 10.2. The fraction of sp³-hybridized carbons (Fsp3) is 0.778. The molecular formula is C9H17O3P. The minimum absolute atomic E-state index is 0.283. The van der Waals surface area contributed by atoms with Crippen molar-refractivity contribution in [2.45, 2.75) is 38.5 Å². The Morgan fingerprint density at radius 2 is 2.38 bits per heavy atom. The van der Waals surface area contributed by atoms with E-state index in [9.17, 15) is 14.6 Å². The van der Waals surface area contributed by atoms with Gasteiger partial charge in [-0.05, 0) is 19.8 Å². The summed E-state index contributed by atoms with van der Waals surface area (Å²) >= 11 is 0. The van der Waals surface area contributed by atoms with Gasteiger partial charge in [0, 0.05) is 6.16 Å². The van der Waals surface area contributed by atoms with Crippen LogP contribution in [0.5, 0.6) is 0 Å². The molecule has 1 rings (SSSR count). The molecule has 0 saturated heterocycles. The van der Waals surface area contributed by atoms with E-state index < -0.39 is 7.37 Å². The van der Waals surface area contributed by atoms with Crippen molar-refractivity contribution in [3.05, 3.63) is 11.6 Å². The molecule has 0 aromatic rings. The van der Waals surface area contributed by atoms with Crippen LogP contribution in [-0.4, -0.2) is 27.9 Å². The Bertz CT molecular complexity index is 260. The maximum atomic E-state index is 11.6. The van der Waals surface area contributed by atoms with Gasteiger partial charge in [-0.1, -0.05) is 18.6 Å². The topological polar surface area (TPSA) is 57.5 Å². The molecule has 3 atom stereocenters. The van der Waals surface area contributed by atoms with Gasteiger partial charge >= 0.3 is 0 Å². The Morgan fingerprint density at radius 3 is 2.77 bits per heavy atom. The summed E-state index contributed by atoms with van der Waals surface area (Å²) in [5.74, 6) is 0. The third-order valence-electron chi connectivity index (χ3n) is 2.72. The Labute approximate surface area is 78.9 Å². The van der Waals surface area contributed by atoms with E-state index in [0.29, 0.717) is 19.0 Å². The first-order valence-corrected chi connectivity index (χ1v) is 6.57. The van der Waals surface area contributed by atoms with Crippen molar-refractivity contribution in [1.29, 1.82) is 0 Å². The highest BCUT2D eigenvalue weighted by Crippen LogP contribution is 2.50. The summed E-state index contributed by atoms with van der Waals surface area (Å²) in [5, 5.41) is 9.26. The molecule has 0 radical (unpaired) electrons. The summed E-state index contributed by atoms with van der Waals surface area (Å²) in [7, 11) is -3.02. The fourth-order valence-corrected chi connectivity index (χ4v) is 2.88. The van der Waals surface area contributed by atoms with Crippen LogP contribution in [0.2, 0.25) is 0 Å². The maximum Gasteiger partial charge on any atom is 0.207 e. The van der Waals surface area contributed by atoms with E-state index in [0.717, 1.165) is 5.57 Å². The Morgan fingerprint density at radius 1 is 1.77 bits per heavy atom. The van der Waals surface area contributed by atoms with Crippen LogP contribution in [0.4, 0.5) is 0 Å². The third kappa shape index (κ3) is 2.43. The zero-order chi connectivity index (χ0) is 10.1. The van der Waals surface area contributed by atoms with E-state index in [1.54, 1.807) is 13.8 Å². The number of hydrogen-bond acceptors (Lipinski definition) is 2. The summed E-state index contributed by atoms with van der Waals surface area (Å²) in [6, 6.07) is 0. The molecule has 2 N–H and O–H groups in total. The third-order valence-corrected chi connectivity index (χ3v) is 5.17. The molecule has 3 unspecified atom stereocenters. The molecule has 13 heavy (non-hydrogen) atoms. The zero-order valence-corrected chi connectivity index (χ0v) is 9.00. The average Bonchev–Trinajstić information content (AvgIpc) is 2.50. The second-order valence-corrected chi connectivity index (χ2v) is 6.54. The standard InChI is InChI=1S/C9H17O3P/c1-3-13(11,12)7(2)8-4-5-9(10)6-8/h4,7,9-10H,3,5-6H2,1-2H3,(H,11,12). The van der Waals surface area contributed by atoms with Crippen LogP contribution in [0.3, 0.4) is 0 Å². The van der Waals surface area contributed by atoms with Gasteiger partial charge in [0.1, 0.15) is 0 Å². The quantitative estimate of drug-likeness (QED) is 0.544. The number of aliphatic hydroxyl groups excluding tert-OH is 1. The minimum Gasteiger partial charge on any atom is -0.392 e. The number of rotatable bonds is 3. The molecular weight excluding hydrogens is 187 g/mol. The largest absolute Gasteiger partial charge is 0.392 e. The van der Waals surface area contributed by atoms with Gasteiger partial charge < -0.3 is 10.00 Å². The molecule has 1 aliphatic carbocycles. The van der Waals surface area contributed by atoms with Crippen molar-refractivity contribution in [2.75, 3.05) is 6.16 Å². The van der Waals surface area contributed by atoms with Crippen LogP contribution in [0.15, 0.2) is 11.6 Å². The first-order chi connectivity index (χ1) is 5.97. The van der Waals surface area contributed by atoms with Gasteiger partial charge in [-0.2, -0.15) is 0 Å². The lowest BCUT2D eigenvalue weighted by molar-refractivity contribution is 0.187. The molecule has 4 heteroatoms. The molecule has 0 fully saturated rings. The second kappa shape index (κ2) is 3.95. The predicted octanol–water partition coefficient (Wildman–Crippen LogP) is 1.75. The van der Waals surface area contributed by atoms with E-state index >= 15 is 0 Å². The summed E-state index contributed by atoms with van der Waals surface area (Å²) in [5.41, 5.74) is 0.662. The summed E-state index contributed by atoms with van der Waals surface area (Å²) in [6.45, 7) is 3.50. The monoisotopic (exact) mass is 204 g/mol. The summed E-state index contributed by atoms with van der Waals surface area (Å²) < 4.78 is 11.6. The predicted molar refractivity (Wildman–Crippen MR) is 53.2 cm³/mol. The van der Waals surface area contributed by atoms with Crippen molar-refractivity contribution >= 4 is 7.37 Å². The van der Waals surface area contributed by atoms with E-state index in [1.165, 1.54) is 0 Å². The van der Waals surface area contributed by atoms with E-state index in [-0.39, 0.29) is 11.8 Å². The first kappa shape index (κ1) is 11.0. The van der Waals surface area contributed by atoms with Crippen molar-refractivity contribution in [3.8, 4) is 0 Å². The number of aliphatic hydroxyl groups is 1. The zero-order valence-electron chi connectivity index (χ0n) is 8.10. The van der Waals surface area contributed by atoms with Crippen LogP contribution < -0.4 is 0 Å². The van der Waals surface area contributed by atoms with Gasteiger partial charge in [-0.25, -0.2) is 0 Å². The molecule has 0 saturated carbocycles. The molecule has 0 amide bonds. The van der Waals surface area contributed by atoms with E-state index in [4.69, 9.17) is 0 Å². The highest BCUT2D eigenvalue weighted by molar-refractivity contribution is 7.58. The number of hydrogen-bond donors (Lipinski definition) is 2. The summed E-state index contributed by atoms with van der Waals surface area (Å²) in [6.07, 6.45) is 3.05. The smallest absolute Gasteiger partial charge is 0.207 e. The Balaban J connectivity index is 2.69. The van der Waals surface area contributed by atoms with Gasteiger partial charge in [-0.15, -0.1) is 0 Å². The van der Waals surface area contributed by atoms with E-state index in [2.05, 4.69) is 0 Å². The van der Waals surface area contributed by atoms with Crippen LogP contribution in [0, 0.1) is 0 Å². The molecule has 0 bridgehead atoms. The average molecular weight is 204 g/mol. The maximum absolute atomic E-state index is 11.6. The van der Waals surface area contributed by atoms with Crippen molar-refractivity contribution in [3.63, 3.8) is 0 Å². The minimum atomic E-state index is -3.02. The Kier molecular flexibility index (Phi) is 3.33. The van der Waals surface area contributed by atoms with Crippen molar-refractivity contribution in [2.24, 2.45) is 0 Å². The first-order valence-electron chi connectivity index (χ1n) is 4.66. The lowest BCUT2D eigenvalue weighted by Gasteiger charge is -2.19. The molecule has 76 valence electrons. The van der Waals surface area contributed by atoms with Gasteiger partial charge in [0.05, 0.1) is 11.8 Å². The molecule has 1 aliphatic rings. The molecule has 0 aromatic heterocycles. The van der Waals surface area contributed by atoms with Gasteiger partial charge in [0.25, 0.3) is 0 Å². The van der Waals surface area contributed by atoms with Crippen molar-refractivity contribution < 1.29 is 14.6 Å². The SMILES string of the molecule is CCP(=O)(O)C(C)C1=CCC(O)C1. The summed E-state index contributed by atoms with van der Waals surface area (Å²) in [4.78, 5) is 9.57.